The second kappa shape index (κ2) is 8.22. The third-order valence-electron chi connectivity index (χ3n) is 4.35. The molecule has 3 rings (SSSR count). The van der Waals surface area contributed by atoms with Crippen molar-refractivity contribution in [3.8, 4) is 0 Å². The van der Waals surface area contributed by atoms with Gasteiger partial charge in [-0.25, -0.2) is 4.79 Å². The SMILES string of the molecule is O=C(NC[C@H](O)c1ccccc1C(F)(F)F)N[C@H]1CCSc2ccccc21. The molecule has 2 atom stereocenters. The number of nitrogens with one attached hydrogen (secondary N) is 2. The summed E-state index contributed by atoms with van der Waals surface area (Å²) in [5.41, 5.74) is -0.144. The fourth-order valence-electron chi connectivity index (χ4n) is 3.05. The molecule has 0 bridgehead atoms. The minimum absolute atomic E-state index is 0.165. The number of rotatable bonds is 4. The second-order valence-corrected chi connectivity index (χ2v) is 7.32. The molecule has 0 radical (unpaired) electrons. The smallest absolute Gasteiger partial charge is 0.387 e. The zero-order valence-electron chi connectivity index (χ0n) is 14.3. The van der Waals surface area contributed by atoms with Gasteiger partial charge in [-0.05, 0) is 29.7 Å². The van der Waals surface area contributed by atoms with Crippen LogP contribution in [0, 0.1) is 0 Å². The first-order valence-electron chi connectivity index (χ1n) is 8.46. The topological polar surface area (TPSA) is 61.4 Å². The van der Waals surface area contributed by atoms with Crippen LogP contribution in [0.3, 0.4) is 0 Å². The normalized spacial score (nSPS) is 17.7. The molecular formula is C19H19F3N2O2S. The van der Waals surface area contributed by atoms with E-state index >= 15 is 0 Å². The first-order chi connectivity index (χ1) is 12.9. The van der Waals surface area contributed by atoms with Crippen molar-refractivity contribution in [2.75, 3.05) is 12.3 Å². The van der Waals surface area contributed by atoms with E-state index in [1.54, 1.807) is 11.8 Å². The monoisotopic (exact) mass is 396 g/mol. The minimum atomic E-state index is -4.57. The van der Waals surface area contributed by atoms with E-state index in [1.807, 2.05) is 24.3 Å². The second-order valence-electron chi connectivity index (χ2n) is 6.18. The molecule has 144 valence electrons. The number of carbonyl (C=O) groups is 1. The van der Waals surface area contributed by atoms with Crippen LogP contribution < -0.4 is 10.6 Å². The summed E-state index contributed by atoms with van der Waals surface area (Å²) >= 11 is 1.72. The van der Waals surface area contributed by atoms with Crippen LogP contribution in [0.5, 0.6) is 0 Å². The maximum absolute atomic E-state index is 13.0. The first-order valence-corrected chi connectivity index (χ1v) is 9.45. The number of amides is 2. The lowest BCUT2D eigenvalue weighted by molar-refractivity contribution is -0.139. The number of alkyl halides is 3. The Balaban J connectivity index is 1.61. The number of aliphatic hydroxyl groups excluding tert-OH is 1. The van der Waals surface area contributed by atoms with Gasteiger partial charge in [0.2, 0.25) is 0 Å². The molecule has 0 unspecified atom stereocenters. The van der Waals surface area contributed by atoms with Crippen LogP contribution in [-0.4, -0.2) is 23.4 Å². The Kier molecular flexibility index (Phi) is 5.96. The molecule has 0 aromatic heterocycles. The maximum Gasteiger partial charge on any atom is 0.416 e. The summed E-state index contributed by atoms with van der Waals surface area (Å²) in [6.07, 6.45) is -5.26. The van der Waals surface area contributed by atoms with Gasteiger partial charge in [-0.3, -0.25) is 0 Å². The number of thioether (sulfide) groups is 1. The van der Waals surface area contributed by atoms with Crippen molar-refractivity contribution < 1.29 is 23.1 Å². The number of hydrogen-bond donors (Lipinski definition) is 3. The van der Waals surface area contributed by atoms with E-state index in [0.29, 0.717) is 0 Å². The Morgan fingerprint density at radius 3 is 2.67 bits per heavy atom. The highest BCUT2D eigenvalue weighted by Crippen LogP contribution is 2.36. The van der Waals surface area contributed by atoms with Gasteiger partial charge in [0.05, 0.1) is 17.7 Å². The Hall–Kier alpha value is -2.19. The summed E-state index contributed by atoms with van der Waals surface area (Å²) in [6, 6.07) is 11.9. The highest BCUT2D eigenvalue weighted by Gasteiger charge is 2.34. The number of benzene rings is 2. The number of halogens is 3. The molecule has 8 heteroatoms. The van der Waals surface area contributed by atoms with Crippen LogP contribution in [0.4, 0.5) is 18.0 Å². The lowest BCUT2D eigenvalue weighted by Gasteiger charge is -2.26. The van der Waals surface area contributed by atoms with Crippen molar-refractivity contribution in [2.45, 2.75) is 29.6 Å². The fraction of sp³-hybridized carbons (Fsp3) is 0.316. The molecule has 1 heterocycles. The van der Waals surface area contributed by atoms with Gasteiger partial charge in [-0.15, -0.1) is 11.8 Å². The molecular weight excluding hydrogens is 377 g/mol. The summed E-state index contributed by atoms with van der Waals surface area (Å²) in [4.78, 5) is 13.3. The Morgan fingerprint density at radius 1 is 1.19 bits per heavy atom. The minimum Gasteiger partial charge on any atom is -0.387 e. The quantitative estimate of drug-likeness (QED) is 0.723. The van der Waals surface area contributed by atoms with Gasteiger partial charge in [0.15, 0.2) is 0 Å². The van der Waals surface area contributed by atoms with Crippen LogP contribution in [0.2, 0.25) is 0 Å². The average molecular weight is 396 g/mol. The van der Waals surface area contributed by atoms with Gasteiger partial charge < -0.3 is 15.7 Å². The van der Waals surface area contributed by atoms with Gasteiger partial charge in [-0.1, -0.05) is 36.4 Å². The zero-order valence-corrected chi connectivity index (χ0v) is 15.1. The Bertz CT molecular complexity index is 814. The van der Waals surface area contributed by atoms with E-state index in [0.717, 1.165) is 28.7 Å². The molecule has 4 nitrogen and oxygen atoms in total. The number of urea groups is 1. The van der Waals surface area contributed by atoms with Crippen molar-refractivity contribution in [1.82, 2.24) is 10.6 Å². The molecule has 0 aliphatic carbocycles. The number of hydrogen-bond acceptors (Lipinski definition) is 3. The average Bonchev–Trinajstić information content (AvgIpc) is 2.66. The van der Waals surface area contributed by atoms with Crippen LogP contribution in [0.1, 0.15) is 35.3 Å². The maximum atomic E-state index is 13.0. The van der Waals surface area contributed by atoms with E-state index < -0.39 is 23.9 Å². The van der Waals surface area contributed by atoms with Gasteiger partial charge >= 0.3 is 12.2 Å². The Morgan fingerprint density at radius 2 is 1.89 bits per heavy atom. The molecule has 2 amide bonds. The predicted octanol–water partition coefficient (Wildman–Crippen LogP) is 4.28. The van der Waals surface area contributed by atoms with Crippen molar-refractivity contribution in [3.63, 3.8) is 0 Å². The summed E-state index contributed by atoms with van der Waals surface area (Å²) in [5.74, 6) is 0.865. The molecule has 0 spiro atoms. The van der Waals surface area contributed by atoms with E-state index in [4.69, 9.17) is 0 Å². The van der Waals surface area contributed by atoms with Crippen LogP contribution in [0.25, 0.3) is 0 Å². The molecule has 1 aliphatic heterocycles. The van der Waals surface area contributed by atoms with Crippen LogP contribution in [0.15, 0.2) is 53.4 Å². The number of fused-ring (bicyclic) bond motifs is 1. The molecule has 27 heavy (non-hydrogen) atoms. The molecule has 0 saturated carbocycles. The number of carbonyl (C=O) groups excluding carboxylic acids is 1. The third kappa shape index (κ3) is 4.75. The third-order valence-corrected chi connectivity index (χ3v) is 5.47. The lowest BCUT2D eigenvalue weighted by Crippen LogP contribution is -2.40. The predicted molar refractivity (Wildman–Crippen MR) is 97.5 cm³/mol. The van der Waals surface area contributed by atoms with Crippen molar-refractivity contribution in [1.29, 1.82) is 0 Å². The molecule has 2 aromatic rings. The van der Waals surface area contributed by atoms with Gasteiger partial charge in [0, 0.05) is 17.2 Å². The van der Waals surface area contributed by atoms with E-state index in [1.165, 1.54) is 18.2 Å². The van der Waals surface area contributed by atoms with E-state index in [9.17, 15) is 23.1 Å². The summed E-state index contributed by atoms with van der Waals surface area (Å²) in [7, 11) is 0. The summed E-state index contributed by atoms with van der Waals surface area (Å²) in [6.45, 7) is -0.317. The van der Waals surface area contributed by atoms with Crippen LogP contribution >= 0.6 is 11.8 Å². The highest BCUT2D eigenvalue weighted by atomic mass is 32.2. The molecule has 1 aliphatic rings. The molecule has 2 aromatic carbocycles. The van der Waals surface area contributed by atoms with Crippen molar-refractivity contribution >= 4 is 17.8 Å². The standard InChI is InChI=1S/C19H19F3N2O2S/c20-19(21,22)14-7-3-1-5-12(14)16(25)11-23-18(26)24-15-9-10-27-17-8-4-2-6-13(15)17/h1-8,15-16,25H,9-11H2,(H2,23,24,26)/t15-,16-/m0/s1. The summed E-state index contributed by atoms with van der Waals surface area (Å²) < 4.78 is 39.1. The molecule has 0 saturated heterocycles. The molecule has 3 N–H and O–H groups in total. The van der Waals surface area contributed by atoms with Gasteiger partial charge in [-0.2, -0.15) is 13.2 Å². The largest absolute Gasteiger partial charge is 0.416 e. The molecule has 0 fully saturated rings. The fourth-order valence-corrected chi connectivity index (χ4v) is 4.17. The zero-order chi connectivity index (χ0) is 19.4. The highest BCUT2D eigenvalue weighted by molar-refractivity contribution is 7.99. The van der Waals surface area contributed by atoms with Crippen molar-refractivity contribution in [2.24, 2.45) is 0 Å². The Labute approximate surface area is 159 Å². The summed E-state index contributed by atoms with van der Waals surface area (Å²) in [5, 5.41) is 15.4. The number of aliphatic hydroxyl groups is 1. The van der Waals surface area contributed by atoms with Gasteiger partial charge in [0.25, 0.3) is 0 Å². The van der Waals surface area contributed by atoms with Gasteiger partial charge in [0.1, 0.15) is 0 Å². The van der Waals surface area contributed by atoms with E-state index in [-0.39, 0.29) is 18.2 Å². The first kappa shape index (κ1) is 19.6. The van der Waals surface area contributed by atoms with Crippen molar-refractivity contribution in [3.05, 3.63) is 65.2 Å². The van der Waals surface area contributed by atoms with E-state index in [2.05, 4.69) is 10.6 Å². The lowest BCUT2D eigenvalue weighted by atomic mass is 10.0. The van der Waals surface area contributed by atoms with Crippen LogP contribution in [-0.2, 0) is 6.18 Å².